The highest BCUT2D eigenvalue weighted by atomic mass is 16.5. The Kier molecular flexibility index (Phi) is 12.8. The normalized spacial score (nSPS) is 25.9. The van der Waals surface area contributed by atoms with Crippen LogP contribution in [0.4, 0.5) is 0 Å². The molecule has 0 aliphatic heterocycles. The number of rotatable bonds is 2. The predicted octanol–water partition coefficient (Wildman–Crippen LogP) is 8.35. The number of hydrogen-bond acceptors (Lipinski definition) is 1. The second-order valence-electron chi connectivity index (χ2n) is 8.90. The standard InChI is InChI=1S/C24H46O/c1-3-7-11-15-19-23(20-16-12-8-4-1)25-24-21-17-13-9-5-2-6-10-14-18-22-24/h23-24H,1-22H2. The van der Waals surface area contributed by atoms with Crippen LogP contribution >= 0.6 is 0 Å². The van der Waals surface area contributed by atoms with Crippen LogP contribution in [0, 0.1) is 0 Å². The first kappa shape index (κ1) is 21.3. The largest absolute Gasteiger partial charge is 0.375 e. The van der Waals surface area contributed by atoms with Crippen LogP contribution in [0.1, 0.15) is 141 Å². The van der Waals surface area contributed by atoms with E-state index in [4.69, 9.17) is 4.74 Å². The fraction of sp³-hybridized carbons (Fsp3) is 1.00. The average molecular weight is 351 g/mol. The zero-order valence-electron chi connectivity index (χ0n) is 17.1. The van der Waals surface area contributed by atoms with Gasteiger partial charge in [0.2, 0.25) is 0 Å². The summed E-state index contributed by atoms with van der Waals surface area (Å²) in [7, 11) is 0. The molecule has 2 rings (SSSR count). The summed E-state index contributed by atoms with van der Waals surface area (Å²) < 4.78 is 6.74. The van der Waals surface area contributed by atoms with Crippen molar-refractivity contribution in [2.45, 2.75) is 153 Å². The van der Waals surface area contributed by atoms with Crippen molar-refractivity contribution in [1.82, 2.24) is 0 Å². The van der Waals surface area contributed by atoms with Crippen molar-refractivity contribution < 1.29 is 4.74 Å². The van der Waals surface area contributed by atoms with E-state index in [1.54, 1.807) is 0 Å². The molecule has 0 atom stereocenters. The molecule has 0 amide bonds. The monoisotopic (exact) mass is 350 g/mol. The van der Waals surface area contributed by atoms with Crippen LogP contribution in [0.15, 0.2) is 0 Å². The van der Waals surface area contributed by atoms with Crippen LogP contribution in [-0.4, -0.2) is 12.2 Å². The molecule has 0 bridgehead atoms. The molecule has 0 aromatic heterocycles. The van der Waals surface area contributed by atoms with E-state index >= 15 is 0 Å². The third-order valence-corrected chi connectivity index (χ3v) is 6.49. The Morgan fingerprint density at radius 3 is 0.720 bits per heavy atom. The predicted molar refractivity (Wildman–Crippen MR) is 110 cm³/mol. The third-order valence-electron chi connectivity index (χ3n) is 6.49. The molecule has 0 radical (unpaired) electrons. The second kappa shape index (κ2) is 15.1. The van der Waals surface area contributed by atoms with Crippen molar-refractivity contribution in [3.05, 3.63) is 0 Å². The average Bonchev–Trinajstić information content (AvgIpc) is 2.59. The summed E-state index contributed by atoms with van der Waals surface area (Å²) in [5, 5.41) is 0. The van der Waals surface area contributed by atoms with Crippen molar-refractivity contribution in [3.8, 4) is 0 Å². The number of ether oxygens (including phenoxy) is 1. The Labute approximate surface area is 158 Å². The number of hydrogen-bond donors (Lipinski definition) is 0. The maximum Gasteiger partial charge on any atom is 0.0578 e. The van der Waals surface area contributed by atoms with Crippen LogP contribution in [0.25, 0.3) is 0 Å². The van der Waals surface area contributed by atoms with Gasteiger partial charge >= 0.3 is 0 Å². The summed E-state index contributed by atoms with van der Waals surface area (Å²) in [6.07, 6.45) is 32.4. The van der Waals surface area contributed by atoms with Crippen LogP contribution in [-0.2, 0) is 4.74 Å². The van der Waals surface area contributed by atoms with E-state index < -0.39 is 0 Å². The topological polar surface area (TPSA) is 9.23 Å². The fourth-order valence-corrected chi connectivity index (χ4v) is 4.80. The van der Waals surface area contributed by atoms with E-state index in [-0.39, 0.29) is 0 Å². The van der Waals surface area contributed by atoms with Crippen LogP contribution in [0.5, 0.6) is 0 Å². The molecule has 0 N–H and O–H groups in total. The van der Waals surface area contributed by atoms with Crippen molar-refractivity contribution in [3.63, 3.8) is 0 Å². The summed E-state index contributed by atoms with van der Waals surface area (Å²) in [6.45, 7) is 0. The lowest BCUT2D eigenvalue weighted by molar-refractivity contribution is -0.0326. The second-order valence-corrected chi connectivity index (χ2v) is 8.90. The first-order valence-corrected chi connectivity index (χ1v) is 12.1. The van der Waals surface area contributed by atoms with Crippen LogP contribution < -0.4 is 0 Å². The van der Waals surface area contributed by atoms with Gasteiger partial charge in [-0.15, -0.1) is 0 Å². The Hall–Kier alpha value is -0.0400. The smallest absolute Gasteiger partial charge is 0.0578 e. The highest BCUT2D eigenvalue weighted by Crippen LogP contribution is 2.24. The highest BCUT2D eigenvalue weighted by molar-refractivity contribution is 4.67. The molecule has 0 saturated heterocycles. The molecule has 2 aliphatic rings. The van der Waals surface area contributed by atoms with Crippen molar-refractivity contribution in [2.24, 2.45) is 0 Å². The van der Waals surface area contributed by atoms with Gasteiger partial charge in [-0.05, 0) is 25.7 Å². The minimum atomic E-state index is 0.567. The lowest BCUT2D eigenvalue weighted by Crippen LogP contribution is -2.23. The van der Waals surface area contributed by atoms with E-state index in [2.05, 4.69) is 0 Å². The van der Waals surface area contributed by atoms with Gasteiger partial charge in [0.15, 0.2) is 0 Å². The molecule has 2 fully saturated rings. The van der Waals surface area contributed by atoms with Crippen molar-refractivity contribution >= 4 is 0 Å². The van der Waals surface area contributed by atoms with Gasteiger partial charge in [0.25, 0.3) is 0 Å². The molecular weight excluding hydrogens is 304 g/mol. The van der Waals surface area contributed by atoms with E-state index in [0.717, 1.165) is 0 Å². The van der Waals surface area contributed by atoms with E-state index in [1.165, 1.54) is 141 Å². The third kappa shape index (κ3) is 11.3. The summed E-state index contributed by atoms with van der Waals surface area (Å²) in [6, 6.07) is 0. The van der Waals surface area contributed by atoms with Gasteiger partial charge in [0, 0.05) is 0 Å². The van der Waals surface area contributed by atoms with E-state index in [1.807, 2.05) is 0 Å². The molecule has 148 valence electrons. The first-order chi connectivity index (χ1) is 12.4. The highest BCUT2D eigenvalue weighted by Gasteiger charge is 2.17. The van der Waals surface area contributed by atoms with Gasteiger partial charge in [-0.2, -0.15) is 0 Å². The molecule has 0 aromatic carbocycles. The fourth-order valence-electron chi connectivity index (χ4n) is 4.80. The van der Waals surface area contributed by atoms with Crippen molar-refractivity contribution in [1.29, 1.82) is 0 Å². The van der Waals surface area contributed by atoms with Gasteiger partial charge < -0.3 is 4.74 Å². The molecule has 0 unspecified atom stereocenters. The van der Waals surface area contributed by atoms with Gasteiger partial charge in [0.1, 0.15) is 0 Å². The van der Waals surface area contributed by atoms with Gasteiger partial charge in [-0.25, -0.2) is 0 Å². The SMILES string of the molecule is C1CCCCCC(OC2CCCCCCCCCCC2)CCCCC1. The van der Waals surface area contributed by atoms with E-state index in [0.29, 0.717) is 12.2 Å². The molecule has 1 nitrogen and oxygen atoms in total. The lowest BCUT2D eigenvalue weighted by Gasteiger charge is -2.26. The zero-order valence-corrected chi connectivity index (χ0v) is 17.1. The molecular formula is C24H46O. The zero-order chi connectivity index (χ0) is 17.4. The lowest BCUT2D eigenvalue weighted by atomic mass is 9.97. The molecule has 2 aliphatic carbocycles. The summed E-state index contributed by atoms with van der Waals surface area (Å²) in [5.41, 5.74) is 0. The first-order valence-electron chi connectivity index (χ1n) is 12.1. The maximum atomic E-state index is 6.74. The van der Waals surface area contributed by atoms with Gasteiger partial charge in [-0.1, -0.05) is 116 Å². The van der Waals surface area contributed by atoms with Crippen LogP contribution in [0.3, 0.4) is 0 Å². The molecule has 0 spiro atoms. The summed E-state index contributed by atoms with van der Waals surface area (Å²) in [4.78, 5) is 0. The Balaban J connectivity index is 1.75. The quantitative estimate of drug-likeness (QED) is 0.486. The molecule has 0 aromatic rings. The summed E-state index contributed by atoms with van der Waals surface area (Å²) >= 11 is 0. The van der Waals surface area contributed by atoms with E-state index in [9.17, 15) is 0 Å². The van der Waals surface area contributed by atoms with Gasteiger partial charge in [-0.3, -0.25) is 0 Å². The molecule has 2 saturated carbocycles. The molecule has 25 heavy (non-hydrogen) atoms. The Bertz CT molecular complexity index is 236. The van der Waals surface area contributed by atoms with Crippen LogP contribution in [0.2, 0.25) is 0 Å². The minimum Gasteiger partial charge on any atom is -0.375 e. The van der Waals surface area contributed by atoms with Crippen molar-refractivity contribution in [2.75, 3.05) is 0 Å². The Morgan fingerprint density at radius 2 is 0.480 bits per heavy atom. The van der Waals surface area contributed by atoms with Gasteiger partial charge in [0.05, 0.1) is 12.2 Å². The maximum absolute atomic E-state index is 6.74. The molecule has 0 heterocycles. The minimum absolute atomic E-state index is 0.567. The Morgan fingerprint density at radius 1 is 0.280 bits per heavy atom. The molecule has 1 heteroatoms. The summed E-state index contributed by atoms with van der Waals surface area (Å²) in [5.74, 6) is 0.